The maximum absolute atomic E-state index is 4.41. The van der Waals surface area contributed by atoms with Gasteiger partial charge in [0, 0.05) is 50.0 Å². The Balaban J connectivity index is 1.65. The van der Waals surface area contributed by atoms with E-state index >= 15 is 0 Å². The van der Waals surface area contributed by atoms with Crippen LogP contribution in [0.1, 0.15) is 16.8 Å². The van der Waals surface area contributed by atoms with E-state index in [-0.39, 0.29) is 0 Å². The van der Waals surface area contributed by atoms with Crippen LogP contribution in [-0.2, 0) is 19.4 Å². The first-order valence-corrected chi connectivity index (χ1v) is 7.99. The van der Waals surface area contributed by atoms with E-state index in [1.165, 1.54) is 9.88 Å². The number of rotatable bonds is 7. The molecule has 0 atom stereocenters. The zero-order chi connectivity index (χ0) is 14.9. The average molecular weight is 306 g/mol. The van der Waals surface area contributed by atoms with Crippen LogP contribution < -0.4 is 10.6 Å². The molecule has 0 fully saturated rings. The van der Waals surface area contributed by atoms with E-state index in [1.54, 1.807) is 24.6 Å². The number of aromatic nitrogens is 3. The molecule has 2 heterocycles. The van der Waals surface area contributed by atoms with Crippen LogP contribution in [0.25, 0.3) is 0 Å². The molecule has 2 N–H and O–H groups in total. The lowest BCUT2D eigenvalue weighted by atomic mass is 10.4. The summed E-state index contributed by atoms with van der Waals surface area (Å²) in [7, 11) is 1.78. The van der Waals surface area contributed by atoms with Gasteiger partial charge in [-0.2, -0.15) is 5.10 Å². The molecule has 114 valence electrons. The average Bonchev–Trinajstić information content (AvgIpc) is 3.17. The Kier molecular flexibility index (Phi) is 6.21. The van der Waals surface area contributed by atoms with Crippen LogP contribution in [-0.4, -0.2) is 40.9 Å². The van der Waals surface area contributed by atoms with Crippen molar-refractivity contribution in [3.8, 4) is 0 Å². The van der Waals surface area contributed by atoms with E-state index in [0.29, 0.717) is 0 Å². The fourth-order valence-electron chi connectivity index (χ4n) is 1.86. The molecule has 2 aromatic heterocycles. The molecule has 0 unspecified atom stereocenters. The minimum Gasteiger partial charge on any atom is -0.356 e. The molecule has 21 heavy (non-hydrogen) atoms. The second-order valence-electron chi connectivity index (χ2n) is 4.52. The molecule has 0 saturated heterocycles. The Morgan fingerprint density at radius 2 is 2.24 bits per heavy atom. The normalized spacial score (nSPS) is 11.6. The summed E-state index contributed by atoms with van der Waals surface area (Å²) in [5, 5.41) is 11.9. The van der Waals surface area contributed by atoms with Crippen molar-refractivity contribution in [1.29, 1.82) is 0 Å². The van der Waals surface area contributed by atoms with Gasteiger partial charge in [0.15, 0.2) is 5.96 Å². The summed E-state index contributed by atoms with van der Waals surface area (Å²) in [6.07, 6.45) is 7.68. The number of hydrogen-bond donors (Lipinski definition) is 2. The molecule has 0 spiro atoms. The first-order chi connectivity index (χ1) is 10.3. The lowest BCUT2D eigenvalue weighted by Gasteiger charge is -2.11. The lowest BCUT2D eigenvalue weighted by molar-refractivity contribution is 0.597. The highest BCUT2D eigenvalue weighted by Gasteiger charge is 2.02. The zero-order valence-corrected chi connectivity index (χ0v) is 13.4. The fourth-order valence-corrected chi connectivity index (χ4v) is 2.72. The van der Waals surface area contributed by atoms with Gasteiger partial charge in [0.25, 0.3) is 0 Å². The Morgan fingerprint density at radius 3 is 2.90 bits per heavy atom. The molecule has 6 nitrogen and oxygen atoms in total. The molecule has 0 radical (unpaired) electrons. The van der Waals surface area contributed by atoms with Crippen molar-refractivity contribution < 1.29 is 0 Å². The largest absolute Gasteiger partial charge is 0.356 e. The van der Waals surface area contributed by atoms with Gasteiger partial charge in [-0.15, -0.1) is 11.3 Å². The van der Waals surface area contributed by atoms with Gasteiger partial charge in [-0.1, -0.05) is 6.92 Å². The van der Waals surface area contributed by atoms with Gasteiger partial charge >= 0.3 is 0 Å². The lowest BCUT2D eigenvalue weighted by Crippen LogP contribution is -2.39. The van der Waals surface area contributed by atoms with E-state index in [4.69, 9.17) is 0 Å². The SMILES string of the molecule is CCc1cnc(CCNC(=NC)NCCn2cccn2)s1. The third-order valence-corrected chi connectivity index (χ3v) is 4.20. The second-order valence-corrected chi connectivity index (χ2v) is 5.72. The number of nitrogens with zero attached hydrogens (tertiary/aromatic N) is 4. The highest BCUT2D eigenvalue weighted by molar-refractivity contribution is 7.11. The van der Waals surface area contributed by atoms with Gasteiger partial charge in [-0.25, -0.2) is 4.98 Å². The summed E-state index contributed by atoms with van der Waals surface area (Å²) in [6.45, 7) is 4.59. The molecule has 2 aromatic rings. The van der Waals surface area contributed by atoms with Crippen molar-refractivity contribution in [3.05, 3.63) is 34.5 Å². The van der Waals surface area contributed by atoms with Crippen LogP contribution in [0.15, 0.2) is 29.6 Å². The van der Waals surface area contributed by atoms with Crippen molar-refractivity contribution in [3.63, 3.8) is 0 Å². The number of hydrogen-bond acceptors (Lipinski definition) is 4. The van der Waals surface area contributed by atoms with E-state index < -0.39 is 0 Å². The number of guanidine groups is 1. The van der Waals surface area contributed by atoms with Crippen LogP contribution in [0.2, 0.25) is 0 Å². The summed E-state index contributed by atoms with van der Waals surface area (Å²) in [4.78, 5) is 9.96. The van der Waals surface area contributed by atoms with Crippen molar-refractivity contribution in [2.75, 3.05) is 20.1 Å². The first kappa shape index (κ1) is 15.5. The van der Waals surface area contributed by atoms with E-state index in [0.717, 1.165) is 38.4 Å². The minimum absolute atomic E-state index is 0.790. The smallest absolute Gasteiger partial charge is 0.191 e. The summed E-state index contributed by atoms with van der Waals surface area (Å²) in [5.74, 6) is 0.814. The zero-order valence-electron chi connectivity index (χ0n) is 12.5. The van der Waals surface area contributed by atoms with Crippen LogP contribution >= 0.6 is 11.3 Å². The summed E-state index contributed by atoms with van der Waals surface area (Å²) < 4.78 is 1.89. The highest BCUT2D eigenvalue weighted by atomic mass is 32.1. The molecule has 0 bridgehead atoms. The summed E-state index contributed by atoms with van der Waals surface area (Å²) >= 11 is 1.79. The van der Waals surface area contributed by atoms with Gasteiger partial charge < -0.3 is 10.6 Å². The second kappa shape index (κ2) is 8.41. The van der Waals surface area contributed by atoms with Gasteiger partial charge in [0.05, 0.1) is 11.6 Å². The Hall–Kier alpha value is -1.89. The van der Waals surface area contributed by atoms with Gasteiger partial charge in [0.2, 0.25) is 0 Å². The van der Waals surface area contributed by atoms with Crippen LogP contribution in [0.5, 0.6) is 0 Å². The van der Waals surface area contributed by atoms with Gasteiger partial charge in [-0.05, 0) is 12.5 Å². The van der Waals surface area contributed by atoms with E-state index in [9.17, 15) is 0 Å². The molecule has 0 amide bonds. The number of nitrogens with one attached hydrogen (secondary N) is 2. The van der Waals surface area contributed by atoms with Crippen LogP contribution in [0.3, 0.4) is 0 Å². The summed E-state index contributed by atoms with van der Waals surface area (Å²) in [5.41, 5.74) is 0. The Bertz CT molecular complexity index is 546. The molecule has 0 aliphatic heterocycles. The number of thiazole rings is 1. The third-order valence-electron chi connectivity index (χ3n) is 3.00. The quantitative estimate of drug-likeness (QED) is 0.598. The number of aryl methyl sites for hydroxylation is 1. The Morgan fingerprint density at radius 1 is 1.38 bits per heavy atom. The predicted molar refractivity (Wildman–Crippen MR) is 86.8 cm³/mol. The highest BCUT2D eigenvalue weighted by Crippen LogP contribution is 2.13. The Labute approximate surface area is 129 Å². The summed E-state index contributed by atoms with van der Waals surface area (Å²) in [6, 6.07) is 1.92. The van der Waals surface area contributed by atoms with Crippen LogP contribution in [0, 0.1) is 0 Å². The molecule has 0 aromatic carbocycles. The van der Waals surface area contributed by atoms with Crippen molar-refractivity contribution in [1.82, 2.24) is 25.4 Å². The van der Waals surface area contributed by atoms with Gasteiger partial charge in [0.1, 0.15) is 0 Å². The minimum atomic E-state index is 0.790. The van der Waals surface area contributed by atoms with Gasteiger partial charge in [-0.3, -0.25) is 9.67 Å². The third kappa shape index (κ3) is 5.18. The molecular formula is C14H22N6S. The topological polar surface area (TPSA) is 67.1 Å². The molecule has 2 rings (SSSR count). The molecular weight excluding hydrogens is 284 g/mol. The van der Waals surface area contributed by atoms with Crippen molar-refractivity contribution in [2.45, 2.75) is 26.3 Å². The van der Waals surface area contributed by atoms with Crippen molar-refractivity contribution >= 4 is 17.3 Å². The standard InChI is InChI=1S/C14H22N6S/c1-3-12-11-18-13(21-12)5-7-16-14(15-2)17-8-10-20-9-4-6-19-20/h4,6,9,11H,3,5,7-8,10H2,1-2H3,(H2,15,16,17). The molecule has 0 aliphatic carbocycles. The number of aliphatic imine (C=N–C) groups is 1. The monoisotopic (exact) mass is 306 g/mol. The maximum Gasteiger partial charge on any atom is 0.191 e. The predicted octanol–water partition coefficient (Wildman–Crippen LogP) is 1.31. The van der Waals surface area contributed by atoms with Crippen molar-refractivity contribution in [2.24, 2.45) is 4.99 Å². The maximum atomic E-state index is 4.41. The fraction of sp³-hybridized carbons (Fsp3) is 0.500. The van der Waals surface area contributed by atoms with Crippen LogP contribution in [0.4, 0.5) is 0 Å². The molecule has 0 aliphatic rings. The molecule has 0 saturated carbocycles. The molecule has 7 heteroatoms. The van der Waals surface area contributed by atoms with E-state index in [2.05, 4.69) is 32.6 Å². The first-order valence-electron chi connectivity index (χ1n) is 7.17. The van der Waals surface area contributed by atoms with E-state index in [1.807, 2.05) is 23.1 Å².